The van der Waals surface area contributed by atoms with Crippen molar-refractivity contribution in [1.82, 2.24) is 19.4 Å². The Morgan fingerprint density at radius 3 is 2.79 bits per heavy atom. The number of morpholine rings is 1. The molecule has 7 nitrogen and oxygen atoms in total. The summed E-state index contributed by atoms with van der Waals surface area (Å²) in [5.41, 5.74) is 2.05. The van der Waals surface area contributed by atoms with Gasteiger partial charge in [0, 0.05) is 40.8 Å². The lowest BCUT2D eigenvalue weighted by atomic mass is 10.0. The van der Waals surface area contributed by atoms with Crippen LogP contribution in [0.5, 0.6) is 0 Å². The van der Waals surface area contributed by atoms with Crippen LogP contribution in [-0.2, 0) is 24.5 Å². The van der Waals surface area contributed by atoms with Crippen molar-refractivity contribution in [3.8, 4) is 0 Å². The molecule has 1 saturated heterocycles. The summed E-state index contributed by atoms with van der Waals surface area (Å²) in [5.74, 6) is 0.232. The quantitative estimate of drug-likeness (QED) is 0.321. The monoisotopic (exact) mass is 577 g/mol. The minimum Gasteiger partial charge on any atom is -0.377 e. The first-order chi connectivity index (χ1) is 18.7. The Morgan fingerprint density at radius 1 is 1.18 bits per heavy atom. The maximum Gasteiger partial charge on any atom is 0.434 e. The molecular formula is C27H26Cl2F3N6O+. The molecule has 6 rings (SSSR count). The van der Waals surface area contributed by atoms with Gasteiger partial charge in [-0.05, 0) is 36.4 Å². The Morgan fingerprint density at radius 2 is 2.03 bits per heavy atom. The first-order valence-electron chi connectivity index (χ1n) is 12.5. The molecule has 0 aliphatic carbocycles. The molecule has 5 heterocycles. The molecule has 39 heavy (non-hydrogen) atoms. The second kappa shape index (κ2) is 10.1. The molecule has 0 saturated carbocycles. The molecule has 12 heteroatoms. The van der Waals surface area contributed by atoms with E-state index in [2.05, 4.69) is 25.5 Å². The molecule has 0 amide bonds. The highest BCUT2D eigenvalue weighted by Crippen LogP contribution is 2.38. The number of benzene rings is 1. The Hall–Kier alpha value is -3.21. The zero-order valence-electron chi connectivity index (χ0n) is 21.0. The van der Waals surface area contributed by atoms with Crippen LogP contribution in [0, 0.1) is 0 Å². The number of hydrogen-bond acceptors (Lipinski definition) is 4. The van der Waals surface area contributed by atoms with Gasteiger partial charge in [0.15, 0.2) is 5.69 Å². The standard InChI is InChI=1S/C27H26Cl2F3N6O/c1-35-8-9-36(16-35)14-23-25-19(20-12-17(28)2-4-22(20)33-25)6-7-37(23)13-18-15-39-11-10-38(18)24-5-3-21(29)26(34-24)27(30,31)32/h2-9,12,16,18,23,33H,10-11,13-15H2,1H3/q+1. The van der Waals surface area contributed by atoms with E-state index >= 15 is 0 Å². The molecule has 1 N–H and O–H groups in total. The number of anilines is 1. The van der Waals surface area contributed by atoms with Crippen LogP contribution in [0.15, 0.2) is 55.3 Å². The topological polar surface area (TPSA) is 53.2 Å². The van der Waals surface area contributed by atoms with Crippen molar-refractivity contribution in [2.45, 2.75) is 24.8 Å². The fourth-order valence-corrected chi connectivity index (χ4v) is 5.81. The average molecular weight is 578 g/mol. The number of nitrogens with zero attached hydrogens (tertiary/aromatic N) is 5. The number of pyridine rings is 1. The molecular weight excluding hydrogens is 552 g/mol. The van der Waals surface area contributed by atoms with Crippen molar-refractivity contribution in [1.29, 1.82) is 0 Å². The van der Waals surface area contributed by atoms with Crippen molar-refractivity contribution < 1.29 is 22.5 Å². The highest BCUT2D eigenvalue weighted by atomic mass is 35.5. The maximum atomic E-state index is 13.6. The van der Waals surface area contributed by atoms with Gasteiger partial charge in [0.2, 0.25) is 6.33 Å². The highest BCUT2D eigenvalue weighted by Gasteiger charge is 2.38. The number of alkyl halides is 3. The van der Waals surface area contributed by atoms with Crippen molar-refractivity contribution in [2.75, 3.05) is 31.2 Å². The summed E-state index contributed by atoms with van der Waals surface area (Å²) in [6.07, 6.45) is 5.48. The van der Waals surface area contributed by atoms with Crippen LogP contribution >= 0.6 is 23.2 Å². The maximum absolute atomic E-state index is 13.6. The molecule has 2 aliphatic heterocycles. The number of nitrogens with one attached hydrogen (secondary N) is 1. The van der Waals surface area contributed by atoms with Gasteiger partial charge >= 0.3 is 6.18 Å². The normalized spacial score (nSPS) is 19.6. The number of H-pyrrole nitrogens is 1. The highest BCUT2D eigenvalue weighted by molar-refractivity contribution is 6.31. The van der Waals surface area contributed by atoms with E-state index in [1.54, 1.807) is 6.07 Å². The summed E-state index contributed by atoms with van der Waals surface area (Å²) in [5, 5.41) is 1.29. The Bertz CT molecular complexity index is 1550. The van der Waals surface area contributed by atoms with Gasteiger partial charge in [-0.2, -0.15) is 13.2 Å². The van der Waals surface area contributed by atoms with Crippen molar-refractivity contribution in [3.63, 3.8) is 0 Å². The van der Waals surface area contributed by atoms with E-state index in [9.17, 15) is 13.2 Å². The second-order valence-corrected chi connectivity index (χ2v) is 10.7. The minimum atomic E-state index is -4.64. The average Bonchev–Trinajstić information content (AvgIpc) is 3.48. The van der Waals surface area contributed by atoms with Crippen LogP contribution in [0.3, 0.4) is 0 Å². The van der Waals surface area contributed by atoms with E-state index in [-0.39, 0.29) is 17.9 Å². The number of halogens is 5. The van der Waals surface area contributed by atoms with Crippen LogP contribution in [0.25, 0.3) is 17.0 Å². The number of fused-ring (bicyclic) bond motifs is 3. The lowest BCUT2D eigenvalue weighted by Gasteiger charge is -2.41. The third-order valence-corrected chi connectivity index (χ3v) is 7.79. The number of hydrogen-bond donors (Lipinski definition) is 1. The zero-order chi connectivity index (χ0) is 27.3. The number of aryl methyl sites for hydroxylation is 1. The van der Waals surface area contributed by atoms with E-state index < -0.39 is 16.9 Å². The Kier molecular flexibility index (Phi) is 6.73. The lowest BCUT2D eigenvalue weighted by molar-refractivity contribution is -0.671. The SMILES string of the molecule is C[n+]1ccn(CC2c3[nH]c4ccc(Cl)cc4c3C=CN2CC2COCCN2c2ccc(Cl)c(C(F)(F)F)n2)c1. The summed E-state index contributed by atoms with van der Waals surface area (Å²) in [4.78, 5) is 11.6. The van der Waals surface area contributed by atoms with Gasteiger partial charge in [0.25, 0.3) is 0 Å². The van der Waals surface area contributed by atoms with Gasteiger partial charge in [0.05, 0.1) is 37.0 Å². The molecule has 204 valence electrons. The molecule has 3 aromatic heterocycles. The molecule has 1 aromatic carbocycles. The molecule has 2 aliphatic rings. The summed E-state index contributed by atoms with van der Waals surface area (Å²) >= 11 is 12.2. The van der Waals surface area contributed by atoms with Crippen LogP contribution < -0.4 is 9.47 Å². The first-order valence-corrected chi connectivity index (χ1v) is 13.3. The molecule has 2 unspecified atom stereocenters. The molecule has 0 radical (unpaired) electrons. The third kappa shape index (κ3) is 5.08. The number of aromatic nitrogens is 4. The van der Waals surface area contributed by atoms with Gasteiger partial charge in [-0.3, -0.25) is 0 Å². The van der Waals surface area contributed by atoms with Gasteiger partial charge in [-0.15, -0.1) is 0 Å². The summed E-state index contributed by atoms with van der Waals surface area (Å²) in [7, 11) is 1.97. The van der Waals surface area contributed by atoms with Gasteiger partial charge in [-0.1, -0.05) is 23.2 Å². The van der Waals surface area contributed by atoms with E-state index in [0.29, 0.717) is 37.9 Å². The van der Waals surface area contributed by atoms with Crippen LogP contribution in [-0.4, -0.2) is 51.8 Å². The number of rotatable bonds is 5. The Labute approximate surface area is 233 Å². The summed E-state index contributed by atoms with van der Waals surface area (Å²) < 4.78 is 50.6. The number of ether oxygens (including phenoxy) is 1. The smallest absolute Gasteiger partial charge is 0.377 e. The predicted octanol–water partition coefficient (Wildman–Crippen LogP) is 5.45. The van der Waals surface area contributed by atoms with Crippen LogP contribution in [0.1, 0.15) is 23.0 Å². The van der Waals surface area contributed by atoms with E-state index in [4.69, 9.17) is 27.9 Å². The zero-order valence-corrected chi connectivity index (χ0v) is 22.5. The summed E-state index contributed by atoms with van der Waals surface area (Å²) in [6.45, 7) is 2.34. The molecule has 2 atom stereocenters. The molecule has 4 aromatic rings. The van der Waals surface area contributed by atoms with E-state index in [1.807, 2.05) is 59.6 Å². The van der Waals surface area contributed by atoms with E-state index in [0.717, 1.165) is 22.2 Å². The van der Waals surface area contributed by atoms with Gasteiger partial charge < -0.3 is 19.5 Å². The van der Waals surface area contributed by atoms with Crippen molar-refractivity contribution in [3.05, 3.63) is 82.2 Å². The Balaban J connectivity index is 1.35. The third-order valence-electron chi connectivity index (χ3n) is 7.25. The summed E-state index contributed by atoms with van der Waals surface area (Å²) in [6, 6.07) is 8.29. The fourth-order valence-electron chi connectivity index (χ4n) is 5.42. The first kappa shape index (κ1) is 26.0. The van der Waals surface area contributed by atoms with Crippen molar-refractivity contribution in [2.24, 2.45) is 7.05 Å². The van der Waals surface area contributed by atoms with Crippen LogP contribution in [0.4, 0.5) is 19.0 Å². The molecule has 0 spiro atoms. The second-order valence-electron chi connectivity index (χ2n) is 9.87. The fraction of sp³-hybridized carbons (Fsp3) is 0.333. The molecule has 1 fully saturated rings. The van der Waals surface area contributed by atoms with Crippen molar-refractivity contribution >= 4 is 46.0 Å². The predicted molar refractivity (Wildman–Crippen MR) is 144 cm³/mol. The lowest BCUT2D eigenvalue weighted by Crippen LogP contribution is -2.52. The van der Waals surface area contributed by atoms with E-state index in [1.165, 1.54) is 6.07 Å². The largest absolute Gasteiger partial charge is 0.434 e. The van der Waals surface area contributed by atoms with Crippen LogP contribution in [0.2, 0.25) is 10.0 Å². The minimum absolute atomic E-state index is 0.0729. The number of aromatic amines is 1. The molecule has 0 bridgehead atoms. The van der Waals surface area contributed by atoms with Gasteiger partial charge in [-0.25, -0.2) is 14.1 Å². The van der Waals surface area contributed by atoms with Gasteiger partial charge in [0.1, 0.15) is 30.8 Å². The number of imidazole rings is 1.